The molecule has 0 unspecified atom stereocenters. The lowest BCUT2D eigenvalue weighted by Crippen LogP contribution is -2.04. The lowest BCUT2D eigenvalue weighted by molar-refractivity contribution is -0.146. The molecule has 0 spiro atoms. The number of aliphatic hydroxyl groups excluding tert-OH is 1. The predicted octanol–water partition coefficient (Wildman–Crippen LogP) is -0.873. The molecule has 0 fully saturated rings. The Balaban J connectivity index is 0. The minimum Gasteiger partial charge on any atom is -0.435 e. The summed E-state index contributed by atoms with van der Waals surface area (Å²) in [5.41, 5.74) is 0.291. The van der Waals surface area contributed by atoms with Gasteiger partial charge in [0.2, 0.25) is 0 Å². The summed E-state index contributed by atoms with van der Waals surface area (Å²) in [7, 11) is -4.64. The number of hydrogen-bond acceptors (Lipinski definition) is 4. The first-order chi connectivity index (χ1) is 5.68. The molecule has 0 aliphatic rings. The van der Waals surface area contributed by atoms with Gasteiger partial charge in [-0.3, -0.25) is 0 Å². The van der Waals surface area contributed by atoms with Gasteiger partial charge in [-0.15, -0.1) is 0 Å². The molecule has 7 nitrogen and oxygen atoms in total. The fourth-order valence-electron chi connectivity index (χ4n) is 0.182. The molecule has 0 saturated heterocycles. The minimum absolute atomic E-state index is 0.291. The van der Waals surface area contributed by atoms with Gasteiger partial charge in [0.25, 0.3) is 0 Å². The number of aliphatic hydroxyl groups is 1. The van der Waals surface area contributed by atoms with Crippen LogP contribution in [0.5, 0.6) is 0 Å². The molecule has 0 aromatic carbocycles. The molecule has 0 saturated carbocycles. The zero-order valence-electron chi connectivity index (χ0n) is 6.88. The van der Waals surface area contributed by atoms with Crippen molar-refractivity contribution in [3.05, 3.63) is 12.2 Å². The van der Waals surface area contributed by atoms with Gasteiger partial charge < -0.3 is 24.5 Å². The van der Waals surface area contributed by atoms with Gasteiger partial charge in [0.05, 0.1) is 0 Å². The van der Waals surface area contributed by atoms with E-state index in [1.165, 1.54) is 6.92 Å². The smallest absolute Gasteiger partial charge is 0.435 e. The second-order valence-corrected chi connectivity index (χ2v) is 2.88. The van der Waals surface area contributed by atoms with E-state index >= 15 is 0 Å². The molecule has 78 valence electrons. The molecule has 8 heteroatoms. The van der Waals surface area contributed by atoms with E-state index in [0.29, 0.717) is 5.57 Å². The van der Waals surface area contributed by atoms with Gasteiger partial charge in [0.15, 0.2) is 6.79 Å². The molecule has 0 aliphatic heterocycles. The summed E-state index contributed by atoms with van der Waals surface area (Å²) in [4.78, 5) is 31.8. The summed E-state index contributed by atoms with van der Waals surface area (Å²) in [5, 5.41) is 8.00. The van der Waals surface area contributed by atoms with E-state index in [0.717, 1.165) is 0 Å². The van der Waals surface area contributed by atoms with Crippen molar-refractivity contribution in [2.75, 3.05) is 6.79 Å². The average molecular weight is 214 g/mol. The third-order valence-corrected chi connectivity index (χ3v) is 0.544. The van der Waals surface area contributed by atoms with Gasteiger partial charge in [-0.25, -0.2) is 9.36 Å². The number of esters is 1. The van der Waals surface area contributed by atoms with E-state index < -0.39 is 20.6 Å². The number of carbonyl (C=O) groups excluding carboxylic acids is 1. The number of hydrogen-bond donors (Lipinski definition) is 4. The fourth-order valence-corrected chi connectivity index (χ4v) is 0.182. The zero-order valence-corrected chi connectivity index (χ0v) is 7.77. The molecule has 0 bridgehead atoms. The fraction of sp³-hybridized carbons (Fsp3) is 0.400. The molecule has 0 heterocycles. The minimum atomic E-state index is -4.64. The van der Waals surface area contributed by atoms with Gasteiger partial charge in [-0.05, 0) is 6.92 Å². The van der Waals surface area contributed by atoms with Crippen LogP contribution in [0.25, 0.3) is 0 Å². The highest BCUT2D eigenvalue weighted by Gasteiger charge is 2.00. The standard InChI is InChI=1S/C5H8O3.H3O4P/c1-4(2)5(7)8-3-6;1-5(2,3)4/h6H,1,3H2,2H3;(H3,1,2,3,4). The van der Waals surface area contributed by atoms with E-state index in [4.69, 9.17) is 24.4 Å². The highest BCUT2D eigenvalue weighted by Crippen LogP contribution is 2.25. The summed E-state index contributed by atoms with van der Waals surface area (Å²) < 4.78 is 13.0. The first kappa shape index (κ1) is 14.8. The van der Waals surface area contributed by atoms with E-state index in [1.807, 2.05) is 0 Å². The Kier molecular flexibility index (Phi) is 7.69. The molecule has 0 amide bonds. The lowest BCUT2D eigenvalue weighted by Gasteiger charge is -1.95. The summed E-state index contributed by atoms with van der Waals surface area (Å²) in [6.45, 7) is 4.22. The third kappa shape index (κ3) is 24.6. The van der Waals surface area contributed by atoms with Gasteiger partial charge in [0.1, 0.15) is 0 Å². The maximum Gasteiger partial charge on any atom is 0.466 e. The molecular formula is C5H11O7P. The molecule has 0 rings (SSSR count). The van der Waals surface area contributed by atoms with Crippen molar-refractivity contribution < 1.29 is 33.9 Å². The molecule has 0 aliphatic carbocycles. The van der Waals surface area contributed by atoms with E-state index in [-0.39, 0.29) is 0 Å². The first-order valence-corrected chi connectivity index (χ1v) is 4.46. The van der Waals surface area contributed by atoms with Crippen LogP contribution in [0.1, 0.15) is 6.92 Å². The zero-order chi connectivity index (χ0) is 11.1. The third-order valence-electron chi connectivity index (χ3n) is 0.544. The highest BCUT2D eigenvalue weighted by molar-refractivity contribution is 7.45. The van der Waals surface area contributed by atoms with Crippen molar-refractivity contribution in [2.45, 2.75) is 6.92 Å². The van der Waals surface area contributed by atoms with Crippen LogP contribution in [0.4, 0.5) is 0 Å². The summed E-state index contributed by atoms with van der Waals surface area (Å²) >= 11 is 0. The second kappa shape index (κ2) is 6.76. The second-order valence-electron chi connectivity index (χ2n) is 1.85. The maximum absolute atomic E-state index is 10.3. The monoisotopic (exact) mass is 214 g/mol. The van der Waals surface area contributed by atoms with E-state index in [2.05, 4.69) is 11.3 Å². The summed E-state index contributed by atoms with van der Waals surface area (Å²) in [6.07, 6.45) is 0. The molecule has 13 heavy (non-hydrogen) atoms. The van der Waals surface area contributed by atoms with E-state index in [9.17, 15) is 4.79 Å². The number of phosphoric acid groups is 1. The Hall–Kier alpha value is -0.720. The average Bonchev–Trinajstić information content (AvgIpc) is 1.84. The largest absolute Gasteiger partial charge is 0.466 e. The Morgan fingerprint density at radius 3 is 1.85 bits per heavy atom. The quantitative estimate of drug-likeness (QED) is 0.204. The molecule has 0 aromatic rings. The van der Waals surface area contributed by atoms with Gasteiger partial charge >= 0.3 is 13.8 Å². The lowest BCUT2D eigenvalue weighted by atomic mass is 10.4. The van der Waals surface area contributed by atoms with Crippen LogP contribution in [0, 0.1) is 0 Å². The summed E-state index contributed by atoms with van der Waals surface area (Å²) in [5.74, 6) is -0.562. The van der Waals surface area contributed by atoms with Crippen LogP contribution in [-0.2, 0) is 14.1 Å². The van der Waals surface area contributed by atoms with Crippen LogP contribution < -0.4 is 0 Å². The van der Waals surface area contributed by atoms with Crippen molar-refractivity contribution in [3.8, 4) is 0 Å². The van der Waals surface area contributed by atoms with Crippen LogP contribution in [0.2, 0.25) is 0 Å². The number of rotatable bonds is 2. The number of ether oxygens (including phenoxy) is 1. The van der Waals surface area contributed by atoms with Crippen LogP contribution >= 0.6 is 7.82 Å². The van der Waals surface area contributed by atoms with E-state index in [1.54, 1.807) is 0 Å². The van der Waals surface area contributed by atoms with Gasteiger partial charge in [0, 0.05) is 5.57 Å². The Labute approximate surface area is 74.5 Å². The molecular weight excluding hydrogens is 203 g/mol. The Morgan fingerprint density at radius 2 is 1.77 bits per heavy atom. The summed E-state index contributed by atoms with van der Waals surface area (Å²) in [6, 6.07) is 0. The van der Waals surface area contributed by atoms with Crippen LogP contribution in [0.15, 0.2) is 12.2 Å². The molecule has 4 N–H and O–H groups in total. The van der Waals surface area contributed by atoms with Crippen molar-refractivity contribution in [1.29, 1.82) is 0 Å². The topological polar surface area (TPSA) is 124 Å². The first-order valence-electron chi connectivity index (χ1n) is 2.90. The van der Waals surface area contributed by atoms with Gasteiger partial charge in [-0.2, -0.15) is 0 Å². The Bertz CT molecular complexity index is 209. The molecule has 0 aromatic heterocycles. The normalized spacial score (nSPS) is 9.62. The predicted molar refractivity (Wildman–Crippen MR) is 42.3 cm³/mol. The highest BCUT2D eigenvalue weighted by atomic mass is 31.2. The maximum atomic E-state index is 10.3. The SMILES string of the molecule is C=C(C)C(=O)OCO.O=P(O)(O)O. The van der Waals surface area contributed by atoms with Crippen molar-refractivity contribution in [1.82, 2.24) is 0 Å². The number of carbonyl (C=O) groups is 1. The molecule has 0 radical (unpaired) electrons. The molecule has 0 atom stereocenters. The van der Waals surface area contributed by atoms with Crippen molar-refractivity contribution in [3.63, 3.8) is 0 Å². The van der Waals surface area contributed by atoms with Crippen LogP contribution in [-0.4, -0.2) is 32.5 Å². The van der Waals surface area contributed by atoms with Gasteiger partial charge in [-0.1, -0.05) is 6.58 Å². The van der Waals surface area contributed by atoms with Crippen LogP contribution in [0.3, 0.4) is 0 Å². The van der Waals surface area contributed by atoms with Crippen molar-refractivity contribution >= 4 is 13.8 Å². The van der Waals surface area contributed by atoms with Crippen molar-refractivity contribution in [2.24, 2.45) is 0 Å². The Morgan fingerprint density at radius 1 is 1.46 bits per heavy atom.